The molecule has 4 aliphatic rings. The van der Waals surface area contributed by atoms with Crippen LogP contribution in [0.5, 0.6) is 0 Å². The van der Waals surface area contributed by atoms with E-state index >= 15 is 0 Å². The van der Waals surface area contributed by atoms with Crippen molar-refractivity contribution >= 4 is 29.8 Å². The molecule has 1 saturated carbocycles. The van der Waals surface area contributed by atoms with Gasteiger partial charge in [-0.3, -0.25) is 19.2 Å². The number of rotatable bonds is 19. The van der Waals surface area contributed by atoms with Crippen LogP contribution in [0.1, 0.15) is 89.7 Å². The van der Waals surface area contributed by atoms with E-state index in [1.807, 2.05) is 0 Å². The number of nitrogens with one attached hydrogen (secondary N) is 2. The number of unbranched alkanes of at least 4 members (excludes halogenated alkanes) is 4. The van der Waals surface area contributed by atoms with Gasteiger partial charge in [0.15, 0.2) is 18.4 Å². The van der Waals surface area contributed by atoms with Gasteiger partial charge in [-0.25, -0.2) is 4.79 Å². The molecule has 4 fully saturated rings. The molecule has 8 atom stereocenters. The van der Waals surface area contributed by atoms with E-state index in [2.05, 4.69) is 29.2 Å². The van der Waals surface area contributed by atoms with Crippen molar-refractivity contribution in [3.63, 3.8) is 0 Å². The molecule has 55 heavy (non-hydrogen) atoms. The van der Waals surface area contributed by atoms with Crippen molar-refractivity contribution in [2.45, 2.75) is 140 Å². The number of aliphatic hydroxyl groups is 2. The van der Waals surface area contributed by atoms with Crippen LogP contribution in [0.2, 0.25) is 0 Å². The van der Waals surface area contributed by atoms with Crippen molar-refractivity contribution in [1.29, 1.82) is 0 Å². The molecule has 2 bridgehead atoms. The number of nitrogens with zero attached hydrogens (tertiary/aromatic N) is 1. The summed E-state index contributed by atoms with van der Waals surface area (Å²) in [5.74, 6) is -4.53. The Labute approximate surface area is 318 Å². The molecule has 5 rings (SSSR count). The van der Waals surface area contributed by atoms with Crippen LogP contribution in [-0.2, 0) is 49.5 Å². The number of alkyl halides is 3. The van der Waals surface area contributed by atoms with Gasteiger partial charge in [0.1, 0.15) is 35.9 Å². The van der Waals surface area contributed by atoms with E-state index in [9.17, 15) is 42.6 Å². The van der Waals surface area contributed by atoms with Crippen molar-refractivity contribution in [1.82, 2.24) is 15.7 Å². The second-order valence-corrected chi connectivity index (χ2v) is 14.7. The summed E-state index contributed by atoms with van der Waals surface area (Å²) in [6, 6.07) is 3.76. The number of fused-ring (bicyclic) bond motifs is 4. The summed E-state index contributed by atoms with van der Waals surface area (Å²) in [6.07, 6.45) is -1.14. The van der Waals surface area contributed by atoms with Gasteiger partial charge in [0.25, 0.3) is 0 Å². The third kappa shape index (κ3) is 9.51. The van der Waals surface area contributed by atoms with Crippen LogP contribution in [-0.4, -0.2) is 113 Å². The van der Waals surface area contributed by atoms with Gasteiger partial charge in [-0.15, -0.1) is 0 Å². The first-order valence-corrected chi connectivity index (χ1v) is 19.0. The number of ether oxygens (including phenoxy) is 4. The normalized spacial score (nSPS) is 28.0. The van der Waals surface area contributed by atoms with Gasteiger partial charge in [-0.2, -0.15) is 18.2 Å². The van der Waals surface area contributed by atoms with Crippen LogP contribution in [0.4, 0.5) is 13.2 Å². The van der Waals surface area contributed by atoms with Gasteiger partial charge < -0.3 is 39.8 Å². The SMILES string of the molecule is CCCCCC1(CCCCC)O[C@@H]2[C@H](O1)[C@H]1ON(Cc3ccccc3C=CC(=O)OCC(F)(F)F)[C@H]3C(=O)O[C@@H]2C[C@@]13C(=O)N[C@@H](C(=O)NCCO)[C@H](C)O. The molecule has 0 aromatic heterocycles. The Morgan fingerprint density at radius 2 is 1.75 bits per heavy atom. The predicted molar refractivity (Wildman–Crippen MR) is 188 cm³/mol. The molecule has 1 aliphatic carbocycles. The Morgan fingerprint density at radius 1 is 1.07 bits per heavy atom. The number of halogens is 3. The summed E-state index contributed by atoms with van der Waals surface area (Å²) in [4.78, 5) is 60.7. The van der Waals surface area contributed by atoms with Gasteiger partial charge in [0, 0.05) is 31.9 Å². The molecule has 3 heterocycles. The van der Waals surface area contributed by atoms with E-state index in [0.29, 0.717) is 24.0 Å². The molecule has 17 heteroatoms. The maximum Gasteiger partial charge on any atom is 0.422 e. The predicted octanol–water partition coefficient (Wildman–Crippen LogP) is 3.22. The van der Waals surface area contributed by atoms with Gasteiger partial charge in [-0.05, 0) is 37.0 Å². The molecule has 0 unspecified atom stereocenters. The number of carbonyl (C=O) groups is 4. The smallest absolute Gasteiger partial charge is 0.422 e. The monoisotopic (exact) mass is 783 g/mol. The zero-order valence-electron chi connectivity index (χ0n) is 31.3. The Kier molecular flexibility index (Phi) is 14.0. The Hall–Kier alpha value is -3.61. The topological polar surface area (TPSA) is 182 Å². The summed E-state index contributed by atoms with van der Waals surface area (Å²) in [7, 11) is 0. The van der Waals surface area contributed by atoms with Crippen LogP contribution in [0.15, 0.2) is 30.3 Å². The average Bonchev–Trinajstić information content (AvgIpc) is 3.69. The maximum atomic E-state index is 14.8. The highest BCUT2D eigenvalue weighted by atomic mass is 19.4. The molecule has 3 aliphatic heterocycles. The number of benzene rings is 1. The highest BCUT2D eigenvalue weighted by molar-refractivity contribution is 5.96. The Bertz CT molecular complexity index is 1550. The van der Waals surface area contributed by atoms with Crippen molar-refractivity contribution in [3.8, 4) is 0 Å². The molecule has 1 aromatic carbocycles. The molecule has 306 valence electrons. The summed E-state index contributed by atoms with van der Waals surface area (Å²) in [6.45, 7) is 3.10. The van der Waals surface area contributed by atoms with Crippen LogP contribution in [0, 0.1) is 5.41 Å². The summed E-state index contributed by atoms with van der Waals surface area (Å²) < 4.78 is 61.8. The number of hydrogen-bond acceptors (Lipinski definition) is 12. The fraction of sp³-hybridized carbons (Fsp3) is 0.684. The largest absolute Gasteiger partial charge is 0.458 e. The highest BCUT2D eigenvalue weighted by Gasteiger charge is 2.76. The lowest BCUT2D eigenvalue weighted by Crippen LogP contribution is -2.71. The molecule has 1 aromatic rings. The fourth-order valence-corrected chi connectivity index (χ4v) is 8.03. The molecule has 14 nitrogen and oxygen atoms in total. The standard InChI is InChI=1S/C38H52F3N3O11/c1-4-6-10-16-36(17-11-7-5-2)53-29-26-20-37(35(50)43-28(23(3)46)33(48)42-18-19-45)31(34(49)52-26)44(55-32(37)30(29)54-36)21-25-13-9-8-12-24(25)14-15-27(47)51-22-38(39,40)41/h8-9,12-15,23,26,28-32,45-46H,4-7,10-11,16-22H2,1-3H3,(H,42,48)(H,43,50)/t23-,26+,28+,29-,30-,31-,32+,37-/m0/s1. The number of amides is 2. The lowest BCUT2D eigenvalue weighted by molar-refractivity contribution is -0.224. The molecular weight excluding hydrogens is 731 g/mol. The molecule has 4 N–H and O–H groups in total. The second-order valence-electron chi connectivity index (χ2n) is 14.7. The van der Waals surface area contributed by atoms with Crippen molar-refractivity contribution in [2.24, 2.45) is 5.41 Å². The molecule has 2 amide bonds. The molecule has 3 saturated heterocycles. The van der Waals surface area contributed by atoms with Crippen molar-refractivity contribution in [3.05, 3.63) is 41.5 Å². The Morgan fingerprint density at radius 3 is 2.38 bits per heavy atom. The number of hydrogen-bond donors (Lipinski definition) is 4. The first kappa shape index (κ1) is 42.5. The van der Waals surface area contributed by atoms with E-state index < -0.39 is 90.3 Å². The van der Waals surface area contributed by atoms with Gasteiger partial charge in [-0.1, -0.05) is 63.8 Å². The van der Waals surface area contributed by atoms with Crippen molar-refractivity contribution < 1.29 is 66.3 Å². The highest BCUT2D eigenvalue weighted by Crippen LogP contribution is 2.58. The van der Waals surface area contributed by atoms with E-state index in [1.54, 1.807) is 24.3 Å². The van der Waals surface area contributed by atoms with Crippen LogP contribution >= 0.6 is 0 Å². The lowest BCUT2D eigenvalue weighted by Gasteiger charge is -2.49. The maximum absolute atomic E-state index is 14.8. The van der Waals surface area contributed by atoms with E-state index in [-0.39, 0.29) is 26.1 Å². The quantitative estimate of drug-likeness (QED) is 0.0916. The second kappa shape index (κ2) is 18.1. The third-order valence-corrected chi connectivity index (χ3v) is 10.6. The lowest BCUT2D eigenvalue weighted by atomic mass is 9.62. The number of esters is 2. The zero-order valence-corrected chi connectivity index (χ0v) is 31.3. The van der Waals surface area contributed by atoms with E-state index in [0.717, 1.165) is 44.6 Å². The first-order valence-electron chi connectivity index (χ1n) is 19.0. The minimum Gasteiger partial charge on any atom is -0.458 e. The summed E-state index contributed by atoms with van der Waals surface area (Å²) >= 11 is 0. The number of aliphatic hydroxyl groups excluding tert-OH is 2. The number of carbonyl (C=O) groups excluding carboxylic acids is 4. The minimum absolute atomic E-state index is 0.0572. The van der Waals surface area contributed by atoms with Gasteiger partial charge in [0.05, 0.1) is 19.3 Å². The van der Waals surface area contributed by atoms with Crippen LogP contribution in [0.3, 0.4) is 0 Å². The van der Waals surface area contributed by atoms with Gasteiger partial charge in [0.2, 0.25) is 11.8 Å². The third-order valence-electron chi connectivity index (χ3n) is 10.6. The minimum atomic E-state index is -4.70. The Balaban J connectivity index is 1.51. The van der Waals surface area contributed by atoms with Crippen LogP contribution < -0.4 is 10.6 Å². The summed E-state index contributed by atoms with van der Waals surface area (Å²) in [5, 5.41) is 26.3. The first-order chi connectivity index (χ1) is 26.2. The fourth-order valence-electron chi connectivity index (χ4n) is 8.03. The van der Waals surface area contributed by atoms with E-state index in [4.69, 9.17) is 19.0 Å². The molecular formula is C38H52F3N3O11. The summed E-state index contributed by atoms with van der Waals surface area (Å²) in [5.41, 5.74) is -0.834. The van der Waals surface area contributed by atoms with Crippen molar-refractivity contribution in [2.75, 3.05) is 19.8 Å². The molecule has 0 radical (unpaired) electrons. The molecule has 0 spiro atoms. The number of hydroxylamine groups is 2. The van der Waals surface area contributed by atoms with Crippen LogP contribution in [0.25, 0.3) is 6.08 Å². The zero-order chi connectivity index (χ0) is 40.0. The average molecular weight is 784 g/mol. The van der Waals surface area contributed by atoms with Gasteiger partial charge >= 0.3 is 18.1 Å². The van der Waals surface area contributed by atoms with E-state index in [1.165, 1.54) is 18.1 Å².